The first-order valence-electron chi connectivity index (χ1n) is 7.46. The van der Waals surface area contributed by atoms with E-state index < -0.39 is 32.1 Å². The Labute approximate surface area is 154 Å². The molecule has 3 rings (SSSR count). The van der Waals surface area contributed by atoms with E-state index in [-0.39, 0.29) is 22.8 Å². The molecule has 0 saturated heterocycles. The van der Waals surface area contributed by atoms with Crippen LogP contribution in [0.25, 0.3) is 6.08 Å². The Morgan fingerprint density at radius 1 is 0.857 bits per heavy atom. The lowest BCUT2D eigenvalue weighted by molar-refractivity contribution is -0.394. The Bertz CT molecular complexity index is 1090. The number of nitrogens with zero attached hydrogens (tertiary/aromatic N) is 4. The maximum atomic E-state index is 12.0. The quantitative estimate of drug-likeness (QED) is 0.328. The van der Waals surface area contributed by atoms with Crippen molar-refractivity contribution in [3.05, 3.63) is 89.6 Å². The number of esters is 1. The van der Waals surface area contributed by atoms with Crippen LogP contribution in [0.3, 0.4) is 0 Å². The molecular formula is C16H8N4O8. The third-order valence-electron chi connectivity index (χ3n) is 3.66. The number of cyclic esters (lactones) is 1. The Balaban J connectivity index is 1.98. The summed E-state index contributed by atoms with van der Waals surface area (Å²) in [4.78, 5) is 46.4. The van der Waals surface area contributed by atoms with Crippen molar-refractivity contribution >= 4 is 35.0 Å². The number of hydrogen-bond donors (Lipinski definition) is 0. The van der Waals surface area contributed by atoms with Crippen LogP contribution in [0.1, 0.15) is 11.1 Å². The van der Waals surface area contributed by atoms with Crippen molar-refractivity contribution in [1.82, 2.24) is 0 Å². The second-order valence-corrected chi connectivity index (χ2v) is 5.40. The molecule has 0 unspecified atom stereocenters. The fraction of sp³-hybridized carbons (Fsp3) is 0. The molecular weight excluding hydrogens is 376 g/mol. The molecule has 1 aliphatic rings. The summed E-state index contributed by atoms with van der Waals surface area (Å²) in [5.74, 6) is -1.02. The van der Waals surface area contributed by atoms with E-state index >= 15 is 0 Å². The number of carbonyl (C=O) groups is 1. The highest BCUT2D eigenvalue weighted by atomic mass is 16.6. The number of non-ortho nitro benzene ring substituents is 2. The van der Waals surface area contributed by atoms with Gasteiger partial charge in [-0.15, -0.1) is 0 Å². The van der Waals surface area contributed by atoms with Crippen LogP contribution in [-0.2, 0) is 9.53 Å². The van der Waals surface area contributed by atoms with Gasteiger partial charge in [0.2, 0.25) is 5.90 Å². The van der Waals surface area contributed by atoms with Gasteiger partial charge < -0.3 is 4.74 Å². The summed E-state index contributed by atoms with van der Waals surface area (Å²) < 4.78 is 4.99. The average molecular weight is 384 g/mol. The van der Waals surface area contributed by atoms with Gasteiger partial charge in [-0.2, -0.15) is 0 Å². The largest absolute Gasteiger partial charge is 0.402 e. The van der Waals surface area contributed by atoms with Crippen LogP contribution in [0.2, 0.25) is 0 Å². The SMILES string of the molecule is O=C1OC(c2ccc([N+](=O)[O-])cc2)=N/C1=C/c1ccc([N+](=O)[O-])cc1[N+](=O)[O-]. The van der Waals surface area contributed by atoms with Crippen LogP contribution in [0.15, 0.2) is 53.2 Å². The van der Waals surface area contributed by atoms with Crippen LogP contribution >= 0.6 is 0 Å². The standard InChI is InChI=1S/C16H8N4O8/c21-16-13(7-10-3-6-12(19(24)25)8-14(10)20(26)27)17-15(28-16)9-1-4-11(5-2-9)18(22)23/h1-8H/b13-7+. The first-order chi connectivity index (χ1) is 13.3. The van der Waals surface area contributed by atoms with Crippen LogP contribution in [0, 0.1) is 30.3 Å². The zero-order valence-corrected chi connectivity index (χ0v) is 13.7. The minimum atomic E-state index is -0.888. The number of rotatable bonds is 5. The maximum Gasteiger partial charge on any atom is 0.363 e. The zero-order valence-electron chi connectivity index (χ0n) is 13.7. The molecule has 0 fully saturated rings. The number of hydrogen-bond acceptors (Lipinski definition) is 9. The van der Waals surface area contributed by atoms with E-state index in [2.05, 4.69) is 4.99 Å². The molecule has 0 atom stereocenters. The van der Waals surface area contributed by atoms with Gasteiger partial charge in [-0.05, 0) is 24.3 Å². The first kappa shape index (κ1) is 18.3. The highest BCUT2D eigenvalue weighted by Crippen LogP contribution is 2.28. The highest BCUT2D eigenvalue weighted by Gasteiger charge is 2.26. The molecule has 28 heavy (non-hydrogen) atoms. The summed E-state index contributed by atoms with van der Waals surface area (Å²) in [5.41, 5.74) is -1.25. The Hall–Kier alpha value is -4.48. The number of aliphatic imine (C=N–C) groups is 1. The summed E-state index contributed by atoms with van der Waals surface area (Å²) >= 11 is 0. The van der Waals surface area contributed by atoms with Crippen LogP contribution < -0.4 is 0 Å². The minimum absolute atomic E-state index is 0.0729. The molecule has 1 aliphatic heterocycles. The smallest absolute Gasteiger partial charge is 0.363 e. The van der Waals surface area contributed by atoms with Gasteiger partial charge in [-0.3, -0.25) is 30.3 Å². The Morgan fingerprint density at radius 3 is 2.04 bits per heavy atom. The van der Waals surface area contributed by atoms with Gasteiger partial charge in [0.15, 0.2) is 5.70 Å². The molecule has 0 N–H and O–H groups in total. The van der Waals surface area contributed by atoms with Crippen molar-refractivity contribution in [3.8, 4) is 0 Å². The molecule has 2 aromatic rings. The van der Waals surface area contributed by atoms with Crippen molar-refractivity contribution in [2.75, 3.05) is 0 Å². The molecule has 1 heterocycles. The fourth-order valence-electron chi connectivity index (χ4n) is 2.33. The molecule has 0 aliphatic carbocycles. The van der Waals surface area contributed by atoms with Crippen molar-refractivity contribution < 1.29 is 24.3 Å². The zero-order chi connectivity index (χ0) is 20.4. The second kappa shape index (κ2) is 7.03. The monoisotopic (exact) mass is 384 g/mol. The predicted octanol–water partition coefficient (Wildman–Crippen LogP) is 2.76. The topological polar surface area (TPSA) is 168 Å². The van der Waals surface area contributed by atoms with Crippen LogP contribution in [0.4, 0.5) is 17.1 Å². The summed E-state index contributed by atoms with van der Waals surface area (Å²) in [5, 5.41) is 32.6. The van der Waals surface area contributed by atoms with Gasteiger partial charge >= 0.3 is 5.97 Å². The first-order valence-corrected chi connectivity index (χ1v) is 7.46. The number of carbonyl (C=O) groups excluding carboxylic acids is 1. The predicted molar refractivity (Wildman–Crippen MR) is 93.5 cm³/mol. The third-order valence-corrected chi connectivity index (χ3v) is 3.66. The summed E-state index contributed by atoms with van der Waals surface area (Å²) in [6, 6.07) is 8.02. The number of benzene rings is 2. The van der Waals surface area contributed by atoms with Crippen molar-refractivity contribution in [3.63, 3.8) is 0 Å². The van der Waals surface area contributed by atoms with E-state index in [9.17, 15) is 35.1 Å². The van der Waals surface area contributed by atoms with Crippen LogP contribution in [0.5, 0.6) is 0 Å². The normalized spacial score (nSPS) is 14.5. The minimum Gasteiger partial charge on any atom is -0.402 e. The molecule has 0 radical (unpaired) electrons. The average Bonchev–Trinajstić information content (AvgIpc) is 3.02. The van der Waals surface area contributed by atoms with E-state index in [1.165, 1.54) is 24.3 Å². The molecule has 0 saturated carbocycles. The maximum absolute atomic E-state index is 12.0. The lowest BCUT2D eigenvalue weighted by atomic mass is 10.1. The van der Waals surface area contributed by atoms with Gasteiger partial charge in [-0.25, -0.2) is 9.79 Å². The van der Waals surface area contributed by atoms with Gasteiger partial charge in [0.05, 0.1) is 26.4 Å². The number of nitro benzene ring substituents is 3. The van der Waals surface area contributed by atoms with Gasteiger partial charge in [0.25, 0.3) is 17.1 Å². The van der Waals surface area contributed by atoms with E-state index in [0.717, 1.165) is 24.3 Å². The third kappa shape index (κ3) is 3.55. The molecule has 0 aromatic heterocycles. The van der Waals surface area contributed by atoms with Gasteiger partial charge in [0, 0.05) is 23.8 Å². The molecule has 140 valence electrons. The number of ether oxygens (including phenoxy) is 1. The summed E-state index contributed by atoms with van der Waals surface area (Å²) in [7, 11) is 0. The highest BCUT2D eigenvalue weighted by molar-refractivity contribution is 6.13. The molecule has 12 heteroatoms. The van der Waals surface area contributed by atoms with Crippen molar-refractivity contribution in [1.29, 1.82) is 0 Å². The molecule has 0 spiro atoms. The van der Waals surface area contributed by atoms with E-state index in [0.29, 0.717) is 5.56 Å². The molecule has 12 nitrogen and oxygen atoms in total. The van der Waals surface area contributed by atoms with Gasteiger partial charge in [-0.1, -0.05) is 0 Å². The second-order valence-electron chi connectivity index (χ2n) is 5.40. The lowest BCUT2D eigenvalue weighted by Gasteiger charge is -1.98. The van der Waals surface area contributed by atoms with E-state index in [1.54, 1.807) is 0 Å². The van der Waals surface area contributed by atoms with Crippen LogP contribution in [-0.4, -0.2) is 26.6 Å². The summed E-state index contributed by atoms with van der Waals surface area (Å²) in [6.45, 7) is 0. The Kier molecular flexibility index (Phi) is 4.60. The fourth-order valence-corrected chi connectivity index (χ4v) is 2.33. The van der Waals surface area contributed by atoms with Crippen molar-refractivity contribution in [2.24, 2.45) is 4.99 Å². The van der Waals surface area contributed by atoms with Gasteiger partial charge in [0.1, 0.15) is 0 Å². The Morgan fingerprint density at radius 2 is 1.46 bits per heavy atom. The number of nitro groups is 3. The molecule has 0 bridgehead atoms. The lowest BCUT2D eigenvalue weighted by Crippen LogP contribution is -2.05. The molecule has 2 aromatic carbocycles. The van der Waals surface area contributed by atoms with Crippen molar-refractivity contribution in [2.45, 2.75) is 0 Å². The molecule has 0 amide bonds. The summed E-state index contributed by atoms with van der Waals surface area (Å²) in [6.07, 6.45) is 1.07. The van der Waals surface area contributed by atoms with E-state index in [4.69, 9.17) is 4.74 Å². The van der Waals surface area contributed by atoms with E-state index in [1.807, 2.05) is 0 Å².